The predicted octanol–water partition coefficient (Wildman–Crippen LogP) is -0.153. The summed E-state index contributed by atoms with van der Waals surface area (Å²) in [6.45, 7) is 3.53. The van der Waals surface area contributed by atoms with Gasteiger partial charge in [0.2, 0.25) is 11.8 Å². The van der Waals surface area contributed by atoms with Crippen molar-refractivity contribution < 1.29 is 29.4 Å². The van der Waals surface area contributed by atoms with Crippen LogP contribution >= 0.6 is 0 Å². The van der Waals surface area contributed by atoms with Gasteiger partial charge in [0.25, 0.3) is 0 Å². The summed E-state index contributed by atoms with van der Waals surface area (Å²) in [6, 6.07) is 0. The number of aliphatic carboxylic acids is 2. The molecule has 0 saturated carbocycles. The normalized spacial score (nSPS) is 9.71. The van der Waals surface area contributed by atoms with Gasteiger partial charge in [0, 0.05) is 26.1 Å². The van der Waals surface area contributed by atoms with Crippen LogP contribution in [0.25, 0.3) is 0 Å². The van der Waals surface area contributed by atoms with Crippen molar-refractivity contribution in [2.45, 2.75) is 25.7 Å². The zero-order valence-corrected chi connectivity index (χ0v) is 11.7. The fourth-order valence-corrected chi connectivity index (χ4v) is 1.50. The Morgan fingerprint density at radius 1 is 1.00 bits per heavy atom. The highest BCUT2D eigenvalue weighted by molar-refractivity contribution is 5.86. The number of carboxylic acid groups (broad SMARTS) is 2. The molecule has 0 heterocycles. The Morgan fingerprint density at radius 3 is 1.95 bits per heavy atom. The molecule has 3 N–H and O–H groups in total. The van der Waals surface area contributed by atoms with Crippen LogP contribution in [0, 0.1) is 0 Å². The van der Waals surface area contributed by atoms with Crippen LogP contribution in [0.3, 0.4) is 0 Å². The van der Waals surface area contributed by atoms with Crippen molar-refractivity contribution in [2.24, 2.45) is 0 Å². The standard InChI is InChI=1S/C13H20N2O6/c1-2-10(16)14-7-3-4-11(17)15(8-5-12(18)19)9-6-13(20)21/h2H,1,3-9H2,(H,14,16)(H,18,19)(H,20,21). The lowest BCUT2D eigenvalue weighted by Crippen LogP contribution is -2.35. The van der Waals surface area contributed by atoms with E-state index in [1.165, 1.54) is 4.90 Å². The number of carbonyl (C=O) groups is 4. The molecule has 2 amide bonds. The number of rotatable bonds is 11. The number of amides is 2. The molecule has 0 aromatic rings. The second-order valence-electron chi connectivity index (χ2n) is 4.27. The second-order valence-corrected chi connectivity index (χ2v) is 4.27. The molecule has 0 saturated heterocycles. The number of carboxylic acids is 2. The van der Waals surface area contributed by atoms with E-state index in [1.807, 2.05) is 0 Å². The summed E-state index contributed by atoms with van der Waals surface area (Å²) in [5.41, 5.74) is 0. The lowest BCUT2D eigenvalue weighted by atomic mass is 10.2. The first-order valence-electron chi connectivity index (χ1n) is 6.48. The maximum absolute atomic E-state index is 11.9. The average molecular weight is 300 g/mol. The van der Waals surface area contributed by atoms with Crippen molar-refractivity contribution in [1.82, 2.24) is 10.2 Å². The minimum absolute atomic E-state index is 0.0273. The van der Waals surface area contributed by atoms with E-state index in [0.29, 0.717) is 13.0 Å². The second kappa shape index (κ2) is 10.4. The molecule has 0 fully saturated rings. The molecule has 0 aliphatic rings. The number of nitrogens with zero attached hydrogens (tertiary/aromatic N) is 1. The number of hydrogen-bond donors (Lipinski definition) is 3. The van der Waals surface area contributed by atoms with Gasteiger partial charge in [-0.2, -0.15) is 0 Å². The fraction of sp³-hybridized carbons (Fsp3) is 0.538. The number of carbonyl (C=O) groups excluding carboxylic acids is 2. The topological polar surface area (TPSA) is 124 Å². The Balaban J connectivity index is 4.21. The number of nitrogens with one attached hydrogen (secondary N) is 1. The molecule has 0 aromatic carbocycles. The Morgan fingerprint density at radius 2 is 1.52 bits per heavy atom. The summed E-state index contributed by atoms with van der Waals surface area (Å²) in [5.74, 6) is -2.77. The smallest absolute Gasteiger partial charge is 0.305 e. The molecule has 8 nitrogen and oxygen atoms in total. The highest BCUT2D eigenvalue weighted by Crippen LogP contribution is 2.01. The highest BCUT2D eigenvalue weighted by Gasteiger charge is 2.15. The van der Waals surface area contributed by atoms with Gasteiger partial charge in [-0.25, -0.2) is 0 Å². The van der Waals surface area contributed by atoms with Crippen molar-refractivity contribution in [3.05, 3.63) is 12.7 Å². The SMILES string of the molecule is C=CC(=O)NCCCC(=O)N(CCC(=O)O)CCC(=O)O. The molecule has 8 heteroatoms. The van der Waals surface area contributed by atoms with E-state index in [1.54, 1.807) is 0 Å². The molecule has 0 aromatic heterocycles. The molecular formula is C13H20N2O6. The highest BCUT2D eigenvalue weighted by atomic mass is 16.4. The first kappa shape index (κ1) is 18.6. The van der Waals surface area contributed by atoms with E-state index < -0.39 is 11.9 Å². The van der Waals surface area contributed by atoms with Crippen LogP contribution in [0.2, 0.25) is 0 Å². The maximum atomic E-state index is 11.9. The lowest BCUT2D eigenvalue weighted by Gasteiger charge is -2.21. The Labute approximate surface area is 122 Å². The summed E-state index contributed by atoms with van der Waals surface area (Å²) >= 11 is 0. The molecule has 0 aliphatic heterocycles. The van der Waals surface area contributed by atoms with E-state index >= 15 is 0 Å². The third-order valence-corrected chi connectivity index (χ3v) is 2.60. The largest absolute Gasteiger partial charge is 0.481 e. The van der Waals surface area contributed by atoms with Gasteiger partial charge in [-0.05, 0) is 12.5 Å². The van der Waals surface area contributed by atoms with Crippen LogP contribution in [-0.2, 0) is 19.2 Å². The zero-order valence-electron chi connectivity index (χ0n) is 11.7. The van der Waals surface area contributed by atoms with Gasteiger partial charge in [-0.3, -0.25) is 19.2 Å². The van der Waals surface area contributed by atoms with E-state index in [0.717, 1.165) is 6.08 Å². The van der Waals surface area contributed by atoms with Crippen molar-refractivity contribution in [3.8, 4) is 0 Å². The first-order valence-corrected chi connectivity index (χ1v) is 6.48. The Bertz CT molecular complexity index is 389. The van der Waals surface area contributed by atoms with Crippen molar-refractivity contribution in [1.29, 1.82) is 0 Å². The molecule has 0 unspecified atom stereocenters. The van der Waals surface area contributed by atoms with Gasteiger partial charge < -0.3 is 20.4 Å². The van der Waals surface area contributed by atoms with Gasteiger partial charge in [-0.1, -0.05) is 6.58 Å². The van der Waals surface area contributed by atoms with E-state index in [-0.39, 0.29) is 44.2 Å². The van der Waals surface area contributed by atoms with Crippen LogP contribution < -0.4 is 5.32 Å². The maximum Gasteiger partial charge on any atom is 0.305 e. The molecule has 0 aliphatic carbocycles. The van der Waals surface area contributed by atoms with Crippen molar-refractivity contribution >= 4 is 23.8 Å². The summed E-state index contributed by atoms with van der Waals surface area (Å²) in [7, 11) is 0. The molecule has 21 heavy (non-hydrogen) atoms. The van der Waals surface area contributed by atoms with Crippen LogP contribution in [0.4, 0.5) is 0 Å². The molecule has 0 rings (SSSR count). The fourth-order valence-electron chi connectivity index (χ4n) is 1.50. The minimum Gasteiger partial charge on any atom is -0.481 e. The quantitative estimate of drug-likeness (QED) is 0.360. The summed E-state index contributed by atoms with van der Waals surface area (Å²) in [5, 5.41) is 19.7. The zero-order chi connectivity index (χ0) is 16.3. The third-order valence-electron chi connectivity index (χ3n) is 2.60. The van der Waals surface area contributed by atoms with Crippen molar-refractivity contribution in [3.63, 3.8) is 0 Å². The van der Waals surface area contributed by atoms with Gasteiger partial charge in [-0.15, -0.1) is 0 Å². The monoisotopic (exact) mass is 300 g/mol. The van der Waals surface area contributed by atoms with Crippen LogP contribution in [0.5, 0.6) is 0 Å². The number of hydrogen-bond acceptors (Lipinski definition) is 4. The van der Waals surface area contributed by atoms with E-state index in [2.05, 4.69) is 11.9 Å². The van der Waals surface area contributed by atoms with Crippen LogP contribution in [0.1, 0.15) is 25.7 Å². The molecule has 0 bridgehead atoms. The van der Waals surface area contributed by atoms with Gasteiger partial charge in [0.1, 0.15) is 0 Å². The summed E-state index contributed by atoms with van der Waals surface area (Å²) in [4.78, 5) is 45.0. The minimum atomic E-state index is -1.05. The predicted molar refractivity (Wildman–Crippen MR) is 73.5 cm³/mol. The molecule has 0 atom stereocenters. The molecule has 0 spiro atoms. The average Bonchev–Trinajstić information content (AvgIpc) is 2.42. The Hall–Kier alpha value is -2.38. The van der Waals surface area contributed by atoms with Crippen LogP contribution in [0.15, 0.2) is 12.7 Å². The van der Waals surface area contributed by atoms with Crippen molar-refractivity contribution in [2.75, 3.05) is 19.6 Å². The molecule has 118 valence electrons. The lowest BCUT2D eigenvalue weighted by molar-refractivity contribution is -0.139. The first-order chi connectivity index (χ1) is 9.86. The van der Waals surface area contributed by atoms with E-state index in [4.69, 9.17) is 10.2 Å². The molecular weight excluding hydrogens is 280 g/mol. The summed E-state index contributed by atoms with van der Waals surface area (Å²) < 4.78 is 0. The van der Waals surface area contributed by atoms with Crippen LogP contribution in [-0.4, -0.2) is 58.5 Å². The Kier molecular flexibility index (Phi) is 9.23. The van der Waals surface area contributed by atoms with Gasteiger partial charge in [0.15, 0.2) is 0 Å². The van der Waals surface area contributed by atoms with E-state index in [9.17, 15) is 19.2 Å². The van der Waals surface area contributed by atoms with Gasteiger partial charge in [0.05, 0.1) is 12.8 Å². The van der Waals surface area contributed by atoms with Gasteiger partial charge >= 0.3 is 11.9 Å². The summed E-state index contributed by atoms with van der Waals surface area (Å²) in [6.07, 6.45) is 1.14. The molecule has 0 radical (unpaired) electrons. The third kappa shape index (κ3) is 10.1.